The average molecular weight is 270 g/mol. The van der Waals surface area contributed by atoms with E-state index in [4.69, 9.17) is 5.73 Å². The molecule has 3 rings (SSSR count). The first-order valence-electron chi connectivity index (χ1n) is 6.05. The molecule has 0 bridgehead atoms. The quantitative estimate of drug-likeness (QED) is 0.793. The van der Waals surface area contributed by atoms with Gasteiger partial charge in [-0.2, -0.15) is 11.3 Å². The molecule has 3 aromatic rings. The van der Waals surface area contributed by atoms with Gasteiger partial charge in [0.1, 0.15) is 0 Å². The van der Waals surface area contributed by atoms with Gasteiger partial charge < -0.3 is 10.3 Å². The summed E-state index contributed by atoms with van der Waals surface area (Å²) in [7, 11) is 0. The van der Waals surface area contributed by atoms with E-state index in [9.17, 15) is 0 Å². The number of aromatic nitrogens is 3. The highest BCUT2D eigenvalue weighted by Crippen LogP contribution is 2.24. The van der Waals surface area contributed by atoms with E-state index in [1.165, 1.54) is 5.56 Å². The summed E-state index contributed by atoms with van der Waals surface area (Å²) in [5.41, 5.74) is 10.0. The molecule has 0 saturated carbocycles. The van der Waals surface area contributed by atoms with Crippen LogP contribution in [0.15, 0.2) is 47.8 Å². The van der Waals surface area contributed by atoms with Crippen LogP contribution in [0.1, 0.15) is 5.56 Å². The molecule has 19 heavy (non-hydrogen) atoms. The standard InChI is InChI=1S/C14H14N4S/c15-13-1-4-16-7-12(13)14-8-17-10-18(14)5-2-11-3-6-19-9-11/h1,3-4,6-10H,2,5H2,(H2,15,16). The zero-order chi connectivity index (χ0) is 13.1. The maximum atomic E-state index is 5.99. The van der Waals surface area contributed by atoms with E-state index in [2.05, 4.69) is 31.4 Å². The molecule has 4 nitrogen and oxygen atoms in total. The number of hydrogen-bond acceptors (Lipinski definition) is 4. The summed E-state index contributed by atoms with van der Waals surface area (Å²) in [6.45, 7) is 0.889. The highest BCUT2D eigenvalue weighted by atomic mass is 32.1. The minimum Gasteiger partial charge on any atom is -0.398 e. The van der Waals surface area contributed by atoms with E-state index in [-0.39, 0.29) is 0 Å². The third-order valence-corrected chi connectivity index (χ3v) is 3.80. The molecule has 0 spiro atoms. The molecule has 0 aliphatic heterocycles. The maximum Gasteiger partial charge on any atom is 0.0951 e. The molecule has 3 aromatic heterocycles. The van der Waals surface area contributed by atoms with Gasteiger partial charge in [0.25, 0.3) is 0 Å². The molecule has 0 saturated heterocycles. The molecule has 0 radical (unpaired) electrons. The van der Waals surface area contributed by atoms with Crippen LogP contribution in [0.4, 0.5) is 5.69 Å². The Kier molecular flexibility index (Phi) is 3.29. The monoisotopic (exact) mass is 270 g/mol. The van der Waals surface area contributed by atoms with Gasteiger partial charge in [-0.25, -0.2) is 4.98 Å². The van der Waals surface area contributed by atoms with Gasteiger partial charge in [0, 0.05) is 30.2 Å². The van der Waals surface area contributed by atoms with Crippen molar-refractivity contribution in [1.29, 1.82) is 0 Å². The van der Waals surface area contributed by atoms with Gasteiger partial charge in [0.2, 0.25) is 0 Å². The van der Waals surface area contributed by atoms with Gasteiger partial charge in [-0.05, 0) is 34.9 Å². The number of nitrogens with two attached hydrogens (primary N) is 1. The number of anilines is 1. The fraction of sp³-hybridized carbons (Fsp3) is 0.143. The molecular weight excluding hydrogens is 256 g/mol. The maximum absolute atomic E-state index is 5.99. The molecule has 0 fully saturated rings. The van der Waals surface area contributed by atoms with Crippen molar-refractivity contribution in [3.63, 3.8) is 0 Å². The molecule has 3 heterocycles. The minimum atomic E-state index is 0.729. The van der Waals surface area contributed by atoms with Crippen LogP contribution in [-0.4, -0.2) is 14.5 Å². The van der Waals surface area contributed by atoms with Crippen molar-refractivity contribution in [2.75, 3.05) is 5.73 Å². The zero-order valence-corrected chi connectivity index (χ0v) is 11.2. The van der Waals surface area contributed by atoms with Crippen molar-refractivity contribution in [2.24, 2.45) is 0 Å². The summed E-state index contributed by atoms with van der Waals surface area (Å²) in [6, 6.07) is 3.96. The number of nitrogens with zero attached hydrogens (tertiary/aromatic N) is 3. The van der Waals surface area contributed by atoms with Gasteiger partial charge >= 0.3 is 0 Å². The predicted molar refractivity (Wildman–Crippen MR) is 77.9 cm³/mol. The van der Waals surface area contributed by atoms with Crippen molar-refractivity contribution < 1.29 is 0 Å². The first kappa shape index (κ1) is 11.9. The molecule has 0 amide bonds. The van der Waals surface area contributed by atoms with E-state index in [0.29, 0.717) is 0 Å². The number of pyridine rings is 1. The van der Waals surface area contributed by atoms with Gasteiger partial charge in [-0.1, -0.05) is 0 Å². The third-order valence-electron chi connectivity index (χ3n) is 3.06. The second-order valence-electron chi connectivity index (χ2n) is 4.32. The van der Waals surface area contributed by atoms with E-state index in [1.807, 2.05) is 18.6 Å². The lowest BCUT2D eigenvalue weighted by Gasteiger charge is -2.09. The van der Waals surface area contributed by atoms with Crippen LogP contribution < -0.4 is 5.73 Å². The van der Waals surface area contributed by atoms with E-state index in [1.54, 1.807) is 23.7 Å². The smallest absolute Gasteiger partial charge is 0.0951 e. The summed E-state index contributed by atoms with van der Waals surface area (Å²) < 4.78 is 2.12. The zero-order valence-electron chi connectivity index (χ0n) is 10.4. The number of thiophene rings is 1. The van der Waals surface area contributed by atoms with Crippen LogP contribution in [0.3, 0.4) is 0 Å². The van der Waals surface area contributed by atoms with E-state index >= 15 is 0 Å². The molecule has 0 aliphatic rings. The Hall–Kier alpha value is -2.14. The number of aryl methyl sites for hydroxylation is 2. The van der Waals surface area contributed by atoms with E-state index in [0.717, 1.165) is 29.9 Å². The largest absolute Gasteiger partial charge is 0.398 e. The van der Waals surface area contributed by atoms with Crippen LogP contribution >= 0.6 is 11.3 Å². The van der Waals surface area contributed by atoms with Crippen LogP contribution in [0.25, 0.3) is 11.3 Å². The predicted octanol–water partition coefficient (Wildman–Crippen LogP) is 2.83. The van der Waals surface area contributed by atoms with Gasteiger partial charge in [-0.15, -0.1) is 0 Å². The second-order valence-corrected chi connectivity index (χ2v) is 5.10. The summed E-state index contributed by atoms with van der Waals surface area (Å²) in [5.74, 6) is 0. The number of hydrogen-bond donors (Lipinski definition) is 1. The average Bonchev–Trinajstić information content (AvgIpc) is 3.08. The molecular formula is C14H14N4S. The first-order chi connectivity index (χ1) is 9.34. The molecule has 2 N–H and O–H groups in total. The highest BCUT2D eigenvalue weighted by Gasteiger charge is 2.08. The molecule has 0 aromatic carbocycles. The van der Waals surface area contributed by atoms with Crippen LogP contribution in [0.2, 0.25) is 0 Å². The van der Waals surface area contributed by atoms with Crippen LogP contribution in [0.5, 0.6) is 0 Å². The third kappa shape index (κ3) is 2.51. The highest BCUT2D eigenvalue weighted by molar-refractivity contribution is 7.07. The van der Waals surface area contributed by atoms with Crippen molar-refractivity contribution in [2.45, 2.75) is 13.0 Å². The molecule has 0 atom stereocenters. The Balaban J connectivity index is 1.84. The van der Waals surface area contributed by atoms with Crippen LogP contribution in [0, 0.1) is 0 Å². The Bertz CT molecular complexity index is 658. The summed E-state index contributed by atoms with van der Waals surface area (Å²) >= 11 is 1.72. The Morgan fingerprint density at radius 1 is 1.21 bits per heavy atom. The normalized spacial score (nSPS) is 10.7. The fourth-order valence-corrected chi connectivity index (χ4v) is 2.73. The number of nitrogen functional groups attached to an aromatic ring is 1. The van der Waals surface area contributed by atoms with Crippen LogP contribution in [-0.2, 0) is 13.0 Å². The summed E-state index contributed by atoms with van der Waals surface area (Å²) in [6.07, 6.45) is 8.15. The lowest BCUT2D eigenvalue weighted by atomic mass is 10.2. The SMILES string of the molecule is Nc1ccncc1-c1cncn1CCc1ccsc1. The molecule has 96 valence electrons. The van der Waals surface area contributed by atoms with Gasteiger partial charge in [-0.3, -0.25) is 4.98 Å². The fourth-order valence-electron chi connectivity index (χ4n) is 2.03. The Labute approximate surface area is 115 Å². The molecule has 0 aliphatic carbocycles. The van der Waals surface area contributed by atoms with Crippen molar-refractivity contribution >= 4 is 17.0 Å². The number of imidazole rings is 1. The summed E-state index contributed by atoms with van der Waals surface area (Å²) in [4.78, 5) is 8.35. The van der Waals surface area contributed by atoms with Gasteiger partial charge in [0.15, 0.2) is 0 Å². The second kappa shape index (κ2) is 5.24. The molecule has 5 heteroatoms. The van der Waals surface area contributed by atoms with E-state index < -0.39 is 0 Å². The van der Waals surface area contributed by atoms with Crippen molar-refractivity contribution in [3.05, 3.63) is 53.4 Å². The van der Waals surface area contributed by atoms with Crippen molar-refractivity contribution in [1.82, 2.24) is 14.5 Å². The summed E-state index contributed by atoms with van der Waals surface area (Å²) in [5, 5.41) is 4.28. The Morgan fingerprint density at radius 3 is 2.95 bits per heavy atom. The number of rotatable bonds is 4. The lowest BCUT2D eigenvalue weighted by molar-refractivity contribution is 0.703. The van der Waals surface area contributed by atoms with Crippen molar-refractivity contribution in [3.8, 4) is 11.3 Å². The topological polar surface area (TPSA) is 56.7 Å². The first-order valence-corrected chi connectivity index (χ1v) is 7.00. The molecule has 0 unspecified atom stereocenters. The van der Waals surface area contributed by atoms with Gasteiger partial charge in [0.05, 0.1) is 18.2 Å². The minimum absolute atomic E-state index is 0.729. The lowest BCUT2D eigenvalue weighted by Crippen LogP contribution is -2.03. The Morgan fingerprint density at radius 2 is 2.16 bits per heavy atom.